The Morgan fingerprint density at radius 2 is 1.83 bits per heavy atom. The Hall–Kier alpha value is -2.45. The molecule has 128 valence electrons. The number of rotatable bonds is 6. The van der Waals surface area contributed by atoms with Gasteiger partial charge in [-0.3, -0.25) is 4.79 Å². The number of hydrogen-bond donors (Lipinski definition) is 2. The normalized spacial score (nSPS) is 12.5. The van der Waals surface area contributed by atoms with Crippen LogP contribution in [0.3, 0.4) is 0 Å². The number of aryl methyl sites for hydroxylation is 1. The minimum absolute atomic E-state index is 0.388. The van der Waals surface area contributed by atoms with Crippen LogP contribution in [0.5, 0.6) is 11.6 Å². The first-order valence-corrected chi connectivity index (χ1v) is 9.11. The van der Waals surface area contributed by atoms with E-state index in [1.807, 2.05) is 31.2 Å². The fraction of sp³-hybridized carbons (Fsp3) is 0.250. The second kappa shape index (κ2) is 7.41. The minimum atomic E-state index is -3.45. The lowest BCUT2D eigenvalue weighted by molar-refractivity contribution is -0.117. The van der Waals surface area contributed by atoms with Crippen LogP contribution in [0.4, 0.5) is 5.69 Å². The highest BCUT2D eigenvalue weighted by Crippen LogP contribution is 2.20. The number of nitrogens with zero attached hydrogens (tertiary/aromatic N) is 1. The van der Waals surface area contributed by atoms with Crippen LogP contribution in [0, 0.1) is 6.92 Å². The average molecular weight is 349 g/mol. The van der Waals surface area contributed by atoms with Gasteiger partial charge in [-0.2, -0.15) is 0 Å². The third kappa shape index (κ3) is 5.64. The summed E-state index contributed by atoms with van der Waals surface area (Å²) in [4.78, 5) is 16.0. The standard InChI is InChI=1S/C16H19N3O4S/c1-11-4-7-14(8-5-11)23-15-9-6-13(10-17-15)18-16(20)12(2)19-24(3,21)22/h4-10,12,19H,1-3H3,(H,18,20). The van der Waals surface area contributed by atoms with Crippen LogP contribution in [0.15, 0.2) is 42.6 Å². The van der Waals surface area contributed by atoms with Gasteiger partial charge in [-0.15, -0.1) is 0 Å². The van der Waals surface area contributed by atoms with Crippen molar-refractivity contribution >= 4 is 21.6 Å². The molecular weight excluding hydrogens is 330 g/mol. The highest BCUT2D eigenvalue weighted by molar-refractivity contribution is 7.88. The van der Waals surface area contributed by atoms with E-state index in [1.165, 1.54) is 13.1 Å². The van der Waals surface area contributed by atoms with E-state index in [4.69, 9.17) is 4.74 Å². The van der Waals surface area contributed by atoms with Crippen molar-refractivity contribution in [3.05, 3.63) is 48.2 Å². The number of carbonyl (C=O) groups is 1. The summed E-state index contributed by atoms with van der Waals surface area (Å²) in [6, 6.07) is 9.89. The number of nitrogens with one attached hydrogen (secondary N) is 2. The van der Waals surface area contributed by atoms with Gasteiger partial charge in [0, 0.05) is 6.07 Å². The lowest BCUT2D eigenvalue weighted by atomic mass is 10.2. The molecule has 0 fully saturated rings. The van der Waals surface area contributed by atoms with Gasteiger partial charge in [0.05, 0.1) is 24.2 Å². The Kier molecular flexibility index (Phi) is 5.53. The predicted octanol–water partition coefficient (Wildman–Crippen LogP) is 2.06. The lowest BCUT2D eigenvalue weighted by Gasteiger charge is -2.12. The van der Waals surface area contributed by atoms with Crippen molar-refractivity contribution in [2.75, 3.05) is 11.6 Å². The van der Waals surface area contributed by atoms with Gasteiger partial charge >= 0.3 is 0 Å². The molecule has 1 atom stereocenters. The number of carbonyl (C=O) groups excluding carboxylic acids is 1. The van der Waals surface area contributed by atoms with Gasteiger partial charge in [0.15, 0.2) is 0 Å². The molecule has 2 N–H and O–H groups in total. The molecule has 0 saturated carbocycles. The Morgan fingerprint density at radius 3 is 2.38 bits per heavy atom. The maximum Gasteiger partial charge on any atom is 0.242 e. The van der Waals surface area contributed by atoms with Crippen LogP contribution in [0.1, 0.15) is 12.5 Å². The molecule has 0 aliphatic heterocycles. The fourth-order valence-electron chi connectivity index (χ4n) is 1.87. The van der Waals surface area contributed by atoms with Crippen LogP contribution in [0.2, 0.25) is 0 Å². The van der Waals surface area contributed by atoms with Gasteiger partial charge in [-0.05, 0) is 32.0 Å². The predicted molar refractivity (Wildman–Crippen MR) is 91.6 cm³/mol. The summed E-state index contributed by atoms with van der Waals surface area (Å²) in [5.41, 5.74) is 1.57. The van der Waals surface area contributed by atoms with Crippen LogP contribution in [-0.2, 0) is 14.8 Å². The van der Waals surface area contributed by atoms with Crippen molar-refractivity contribution in [3.8, 4) is 11.6 Å². The maximum atomic E-state index is 11.9. The van der Waals surface area contributed by atoms with Crippen molar-refractivity contribution in [1.29, 1.82) is 0 Å². The van der Waals surface area contributed by atoms with Gasteiger partial charge in [0.25, 0.3) is 0 Å². The molecule has 2 aromatic rings. The second-order valence-electron chi connectivity index (χ2n) is 5.40. The Balaban J connectivity index is 1.96. The van der Waals surface area contributed by atoms with Crippen LogP contribution in [0.25, 0.3) is 0 Å². The molecule has 0 bridgehead atoms. The van der Waals surface area contributed by atoms with Crippen LogP contribution >= 0.6 is 0 Å². The monoisotopic (exact) mass is 349 g/mol. The zero-order valence-corrected chi connectivity index (χ0v) is 14.4. The summed E-state index contributed by atoms with van der Waals surface area (Å²) in [5, 5.41) is 2.58. The van der Waals surface area contributed by atoms with Gasteiger partial charge in [-0.1, -0.05) is 17.7 Å². The van der Waals surface area contributed by atoms with Gasteiger partial charge in [0.2, 0.25) is 21.8 Å². The third-order valence-corrected chi connectivity index (χ3v) is 3.81. The second-order valence-corrected chi connectivity index (χ2v) is 7.18. The molecule has 0 aliphatic carbocycles. The average Bonchev–Trinajstić information content (AvgIpc) is 2.50. The van der Waals surface area contributed by atoms with Gasteiger partial charge < -0.3 is 10.1 Å². The molecular formula is C16H19N3O4S. The number of amides is 1. The maximum absolute atomic E-state index is 11.9. The molecule has 1 amide bonds. The lowest BCUT2D eigenvalue weighted by Crippen LogP contribution is -2.40. The zero-order valence-electron chi connectivity index (χ0n) is 13.6. The minimum Gasteiger partial charge on any atom is -0.439 e. The molecule has 1 aromatic heterocycles. The van der Waals surface area contributed by atoms with E-state index >= 15 is 0 Å². The Labute approximate surface area is 141 Å². The number of hydrogen-bond acceptors (Lipinski definition) is 5. The van der Waals surface area contributed by atoms with E-state index in [2.05, 4.69) is 15.0 Å². The molecule has 8 heteroatoms. The van der Waals surface area contributed by atoms with Crippen LogP contribution < -0.4 is 14.8 Å². The molecule has 0 saturated heterocycles. The molecule has 1 aromatic carbocycles. The number of anilines is 1. The zero-order chi connectivity index (χ0) is 17.7. The summed E-state index contributed by atoms with van der Waals surface area (Å²) in [6.07, 6.45) is 2.43. The SMILES string of the molecule is Cc1ccc(Oc2ccc(NC(=O)C(C)NS(C)(=O)=O)cn2)cc1. The molecule has 1 unspecified atom stereocenters. The van der Waals surface area contributed by atoms with E-state index in [9.17, 15) is 13.2 Å². The van der Waals surface area contributed by atoms with E-state index in [1.54, 1.807) is 12.1 Å². The van der Waals surface area contributed by atoms with Crippen molar-refractivity contribution in [2.45, 2.75) is 19.9 Å². The molecule has 7 nitrogen and oxygen atoms in total. The number of aromatic nitrogens is 1. The highest BCUT2D eigenvalue weighted by Gasteiger charge is 2.17. The largest absolute Gasteiger partial charge is 0.439 e. The van der Waals surface area contributed by atoms with Crippen molar-refractivity contribution < 1.29 is 17.9 Å². The number of sulfonamides is 1. The first-order chi connectivity index (χ1) is 11.2. The summed E-state index contributed by atoms with van der Waals surface area (Å²) < 4.78 is 30.0. The van der Waals surface area contributed by atoms with Gasteiger partial charge in [-0.25, -0.2) is 18.1 Å². The molecule has 24 heavy (non-hydrogen) atoms. The molecule has 0 spiro atoms. The number of ether oxygens (including phenoxy) is 1. The van der Waals surface area contributed by atoms with E-state index in [0.717, 1.165) is 11.8 Å². The quantitative estimate of drug-likeness (QED) is 0.832. The summed E-state index contributed by atoms with van der Waals surface area (Å²) in [5.74, 6) is 0.574. The first-order valence-electron chi connectivity index (χ1n) is 7.22. The fourth-order valence-corrected chi connectivity index (χ4v) is 2.62. The van der Waals surface area contributed by atoms with Crippen molar-refractivity contribution in [2.24, 2.45) is 0 Å². The molecule has 0 radical (unpaired) electrons. The number of benzene rings is 1. The van der Waals surface area contributed by atoms with Gasteiger partial charge in [0.1, 0.15) is 5.75 Å². The Morgan fingerprint density at radius 1 is 1.17 bits per heavy atom. The summed E-state index contributed by atoms with van der Waals surface area (Å²) in [6.45, 7) is 3.44. The topological polar surface area (TPSA) is 97.4 Å². The van der Waals surface area contributed by atoms with Crippen LogP contribution in [-0.4, -0.2) is 31.6 Å². The summed E-state index contributed by atoms with van der Waals surface area (Å²) >= 11 is 0. The number of pyridine rings is 1. The van der Waals surface area contributed by atoms with E-state index in [-0.39, 0.29) is 0 Å². The molecule has 2 rings (SSSR count). The van der Waals surface area contributed by atoms with E-state index < -0.39 is 22.0 Å². The molecule has 1 heterocycles. The molecule has 0 aliphatic rings. The summed E-state index contributed by atoms with van der Waals surface area (Å²) in [7, 11) is -3.45. The first kappa shape index (κ1) is 17.9. The highest BCUT2D eigenvalue weighted by atomic mass is 32.2. The third-order valence-electron chi connectivity index (χ3n) is 3.03. The van der Waals surface area contributed by atoms with Crippen molar-refractivity contribution in [1.82, 2.24) is 9.71 Å². The smallest absolute Gasteiger partial charge is 0.242 e. The Bertz CT molecular complexity index is 802. The van der Waals surface area contributed by atoms with E-state index in [0.29, 0.717) is 17.3 Å². The van der Waals surface area contributed by atoms with Crippen molar-refractivity contribution in [3.63, 3.8) is 0 Å².